The zero-order valence-electron chi connectivity index (χ0n) is 7.00. The normalized spacial score (nSPS) is 18.7. The van der Waals surface area contributed by atoms with Crippen molar-refractivity contribution >= 4 is 15.9 Å². The number of aliphatic hydroxyl groups is 1. The average Bonchev–Trinajstić information content (AvgIpc) is 2.85. The third-order valence-electron chi connectivity index (χ3n) is 2.35. The minimum Gasteiger partial charge on any atom is -0.388 e. The Kier molecular flexibility index (Phi) is 2.39. The van der Waals surface area contributed by atoms with E-state index < -0.39 is 6.10 Å². The van der Waals surface area contributed by atoms with Gasteiger partial charge in [-0.05, 0) is 30.9 Å². The molecule has 1 aromatic rings. The van der Waals surface area contributed by atoms with Gasteiger partial charge in [0, 0.05) is 10.0 Å². The number of aliphatic hydroxyl groups excluding tert-OH is 1. The van der Waals surface area contributed by atoms with Gasteiger partial charge in [0.1, 0.15) is 5.82 Å². The maximum atomic E-state index is 13.3. The average molecular weight is 245 g/mol. The molecule has 0 heterocycles. The van der Waals surface area contributed by atoms with Gasteiger partial charge in [0.05, 0.1) is 6.10 Å². The fourth-order valence-corrected chi connectivity index (χ4v) is 1.74. The third kappa shape index (κ3) is 1.92. The summed E-state index contributed by atoms with van der Waals surface area (Å²) in [7, 11) is 0. The third-order valence-corrected chi connectivity index (χ3v) is 2.84. The van der Waals surface area contributed by atoms with Crippen LogP contribution in [0.25, 0.3) is 0 Å². The fourth-order valence-electron chi connectivity index (χ4n) is 1.41. The van der Waals surface area contributed by atoms with Crippen molar-refractivity contribution in [1.82, 2.24) is 0 Å². The maximum Gasteiger partial charge on any atom is 0.130 e. The molecule has 1 fully saturated rings. The quantitative estimate of drug-likeness (QED) is 0.849. The predicted octanol–water partition coefficient (Wildman–Crippen LogP) is 3.03. The molecule has 0 unspecified atom stereocenters. The highest BCUT2D eigenvalue weighted by atomic mass is 79.9. The summed E-state index contributed by atoms with van der Waals surface area (Å²) in [5.41, 5.74) is 0.422. The molecule has 1 atom stereocenters. The van der Waals surface area contributed by atoms with Crippen molar-refractivity contribution in [2.75, 3.05) is 0 Å². The first-order valence-corrected chi connectivity index (χ1v) is 5.11. The van der Waals surface area contributed by atoms with E-state index in [0.29, 0.717) is 10.0 Å². The van der Waals surface area contributed by atoms with Crippen LogP contribution in [-0.2, 0) is 0 Å². The van der Waals surface area contributed by atoms with Crippen LogP contribution in [0.3, 0.4) is 0 Å². The molecule has 1 N–H and O–H groups in total. The topological polar surface area (TPSA) is 20.2 Å². The Labute approximate surface area is 84.7 Å². The molecule has 0 aliphatic heterocycles. The van der Waals surface area contributed by atoms with Crippen molar-refractivity contribution in [1.29, 1.82) is 0 Å². The molecule has 0 bridgehead atoms. The molecule has 1 nitrogen and oxygen atoms in total. The number of hydrogen-bond donors (Lipinski definition) is 1. The Morgan fingerprint density at radius 2 is 2.15 bits per heavy atom. The number of hydrogen-bond acceptors (Lipinski definition) is 1. The second kappa shape index (κ2) is 3.39. The van der Waals surface area contributed by atoms with Crippen molar-refractivity contribution in [3.8, 4) is 0 Å². The van der Waals surface area contributed by atoms with E-state index >= 15 is 0 Å². The van der Waals surface area contributed by atoms with Gasteiger partial charge in [0.25, 0.3) is 0 Å². The van der Waals surface area contributed by atoms with E-state index in [4.69, 9.17) is 0 Å². The standard InChI is InChI=1S/C10H10BrFO/c11-7-3-4-8(9(12)5-7)10(13)6-1-2-6/h3-6,10,13H,1-2H2/t10-/m0/s1. The van der Waals surface area contributed by atoms with Crippen molar-refractivity contribution in [3.63, 3.8) is 0 Å². The molecule has 3 heteroatoms. The van der Waals surface area contributed by atoms with Crippen LogP contribution in [0.15, 0.2) is 22.7 Å². The van der Waals surface area contributed by atoms with Crippen molar-refractivity contribution < 1.29 is 9.50 Å². The molecule has 0 amide bonds. The second-order valence-electron chi connectivity index (χ2n) is 3.45. The summed E-state index contributed by atoms with van der Waals surface area (Å²) in [4.78, 5) is 0. The zero-order valence-corrected chi connectivity index (χ0v) is 8.59. The highest BCUT2D eigenvalue weighted by molar-refractivity contribution is 9.10. The van der Waals surface area contributed by atoms with E-state index in [1.165, 1.54) is 6.07 Å². The SMILES string of the molecule is O[C@H](c1ccc(Br)cc1F)C1CC1. The zero-order chi connectivity index (χ0) is 9.42. The van der Waals surface area contributed by atoms with Crippen molar-refractivity contribution in [2.45, 2.75) is 18.9 Å². The van der Waals surface area contributed by atoms with Crippen LogP contribution in [0.1, 0.15) is 24.5 Å². The van der Waals surface area contributed by atoms with E-state index in [2.05, 4.69) is 15.9 Å². The maximum absolute atomic E-state index is 13.3. The first-order valence-electron chi connectivity index (χ1n) is 4.31. The summed E-state index contributed by atoms with van der Waals surface area (Å²) in [5.74, 6) is -0.0514. The van der Waals surface area contributed by atoms with E-state index in [0.717, 1.165) is 12.8 Å². The summed E-state index contributed by atoms with van der Waals surface area (Å²) in [6.45, 7) is 0. The predicted molar refractivity (Wildman–Crippen MR) is 51.8 cm³/mol. The minimum atomic E-state index is -0.618. The molecular weight excluding hydrogens is 235 g/mol. The highest BCUT2D eigenvalue weighted by Gasteiger charge is 2.32. The van der Waals surface area contributed by atoms with Gasteiger partial charge < -0.3 is 5.11 Å². The van der Waals surface area contributed by atoms with Crippen molar-refractivity contribution in [3.05, 3.63) is 34.1 Å². The molecule has 1 aliphatic carbocycles. The van der Waals surface area contributed by atoms with Gasteiger partial charge in [-0.15, -0.1) is 0 Å². The van der Waals surface area contributed by atoms with Crippen LogP contribution < -0.4 is 0 Å². The fraction of sp³-hybridized carbons (Fsp3) is 0.400. The van der Waals surface area contributed by atoms with Gasteiger partial charge in [-0.3, -0.25) is 0 Å². The van der Waals surface area contributed by atoms with Crippen LogP contribution in [0.5, 0.6) is 0 Å². The Hall–Kier alpha value is -0.410. The Morgan fingerprint density at radius 3 is 2.69 bits per heavy atom. The summed E-state index contributed by atoms with van der Waals surface area (Å²) in [6.07, 6.45) is 1.40. The van der Waals surface area contributed by atoms with E-state index in [1.807, 2.05) is 0 Å². The minimum absolute atomic E-state index is 0.274. The Morgan fingerprint density at radius 1 is 1.46 bits per heavy atom. The van der Waals surface area contributed by atoms with Gasteiger partial charge in [0.15, 0.2) is 0 Å². The van der Waals surface area contributed by atoms with E-state index in [9.17, 15) is 9.50 Å². The molecule has 0 spiro atoms. The monoisotopic (exact) mass is 244 g/mol. The first-order chi connectivity index (χ1) is 6.18. The van der Waals surface area contributed by atoms with Crippen LogP contribution >= 0.6 is 15.9 Å². The summed E-state index contributed by atoms with van der Waals surface area (Å²) in [6, 6.07) is 4.79. The number of rotatable bonds is 2. The largest absolute Gasteiger partial charge is 0.388 e. The van der Waals surface area contributed by atoms with Crippen LogP contribution in [0.4, 0.5) is 4.39 Å². The van der Waals surface area contributed by atoms with Gasteiger partial charge in [0.2, 0.25) is 0 Å². The lowest BCUT2D eigenvalue weighted by molar-refractivity contribution is 0.149. The Balaban J connectivity index is 2.28. The summed E-state index contributed by atoms with van der Waals surface area (Å²) >= 11 is 3.18. The summed E-state index contributed by atoms with van der Waals surface area (Å²) < 4.78 is 14.0. The molecule has 1 aromatic carbocycles. The summed E-state index contributed by atoms with van der Waals surface area (Å²) in [5, 5.41) is 9.68. The van der Waals surface area contributed by atoms with Gasteiger partial charge in [-0.1, -0.05) is 22.0 Å². The molecule has 1 saturated carbocycles. The molecule has 70 valence electrons. The van der Waals surface area contributed by atoms with E-state index in [1.54, 1.807) is 12.1 Å². The molecule has 1 aliphatic rings. The molecule has 0 saturated heterocycles. The van der Waals surface area contributed by atoms with Crippen LogP contribution in [0, 0.1) is 11.7 Å². The molecule has 2 rings (SSSR count). The van der Waals surface area contributed by atoms with Gasteiger partial charge in [-0.25, -0.2) is 4.39 Å². The Bertz CT molecular complexity index is 323. The lowest BCUT2D eigenvalue weighted by Crippen LogP contribution is -2.02. The molecular formula is C10H10BrFO. The van der Waals surface area contributed by atoms with Crippen LogP contribution in [0.2, 0.25) is 0 Å². The lowest BCUT2D eigenvalue weighted by atomic mass is 10.1. The molecule has 0 aromatic heterocycles. The smallest absolute Gasteiger partial charge is 0.130 e. The first kappa shape index (κ1) is 9.16. The number of benzene rings is 1. The van der Waals surface area contributed by atoms with E-state index in [-0.39, 0.29) is 11.7 Å². The highest BCUT2D eigenvalue weighted by Crippen LogP contribution is 2.41. The molecule has 0 radical (unpaired) electrons. The van der Waals surface area contributed by atoms with Crippen molar-refractivity contribution in [2.24, 2.45) is 5.92 Å². The number of halogens is 2. The lowest BCUT2D eigenvalue weighted by Gasteiger charge is -2.10. The molecule has 13 heavy (non-hydrogen) atoms. The van der Waals surface area contributed by atoms with Gasteiger partial charge >= 0.3 is 0 Å². The van der Waals surface area contributed by atoms with Crippen LogP contribution in [-0.4, -0.2) is 5.11 Å². The second-order valence-corrected chi connectivity index (χ2v) is 4.36. The van der Waals surface area contributed by atoms with Gasteiger partial charge in [-0.2, -0.15) is 0 Å².